The summed E-state index contributed by atoms with van der Waals surface area (Å²) in [7, 11) is 0. The van der Waals surface area contributed by atoms with Gasteiger partial charge in [-0.1, -0.05) is 24.3 Å². The molecular formula is C21H22FN3O3. The summed E-state index contributed by atoms with van der Waals surface area (Å²) in [5, 5.41) is 2.73. The first-order chi connectivity index (χ1) is 13.6. The molecule has 3 aromatic rings. The lowest BCUT2D eigenvalue weighted by Gasteiger charge is -2.16. The fraction of sp³-hybridized carbons (Fsp3) is 0.333. The number of nitrogens with zero attached hydrogens (tertiary/aromatic N) is 2. The summed E-state index contributed by atoms with van der Waals surface area (Å²) in [5.41, 5.74) is 3.28. The molecule has 1 aliphatic rings. The van der Waals surface area contributed by atoms with Crippen LogP contribution in [0, 0.1) is 0 Å². The van der Waals surface area contributed by atoms with Crippen LogP contribution in [0.25, 0.3) is 11.1 Å². The molecule has 1 fully saturated rings. The number of alkyl halides is 1. The van der Waals surface area contributed by atoms with Gasteiger partial charge < -0.3 is 14.5 Å². The number of hydrogen-bond donors (Lipinski definition) is 1. The van der Waals surface area contributed by atoms with Crippen LogP contribution in [-0.4, -0.2) is 41.2 Å². The first kappa shape index (κ1) is 18.6. The van der Waals surface area contributed by atoms with Gasteiger partial charge in [0.1, 0.15) is 24.4 Å². The molecule has 2 aromatic carbocycles. The molecule has 2 atom stereocenters. The van der Waals surface area contributed by atoms with Crippen molar-refractivity contribution in [3.63, 3.8) is 0 Å². The molecule has 2 heterocycles. The Morgan fingerprint density at radius 2 is 2.04 bits per heavy atom. The number of rotatable bonds is 6. The molecule has 1 aromatic heterocycles. The van der Waals surface area contributed by atoms with E-state index in [4.69, 9.17) is 9.15 Å². The van der Waals surface area contributed by atoms with Crippen molar-refractivity contribution in [2.45, 2.75) is 32.4 Å². The third kappa shape index (κ3) is 4.37. The summed E-state index contributed by atoms with van der Waals surface area (Å²) in [5.74, 6) is 0.354. The predicted octanol–water partition coefficient (Wildman–Crippen LogP) is 3.53. The molecule has 0 unspecified atom stereocenters. The van der Waals surface area contributed by atoms with E-state index in [1.165, 1.54) is 6.92 Å². The molecule has 0 radical (unpaired) electrons. The molecule has 1 N–H and O–H groups in total. The number of nitrogens with one attached hydrogen (secondary N) is 1. The minimum Gasteiger partial charge on any atom is -0.438 e. The highest BCUT2D eigenvalue weighted by atomic mass is 19.1. The van der Waals surface area contributed by atoms with Crippen molar-refractivity contribution in [2.75, 3.05) is 18.4 Å². The number of halogens is 1. The number of hydrogen-bond acceptors (Lipinski definition) is 5. The number of para-hydroxylation sites is 2. The fourth-order valence-electron chi connectivity index (χ4n) is 3.41. The average molecular weight is 383 g/mol. The van der Waals surface area contributed by atoms with Crippen LogP contribution in [-0.2, 0) is 22.7 Å². The number of ether oxygens (including phenoxy) is 1. The molecule has 0 bridgehead atoms. The first-order valence-electron chi connectivity index (χ1n) is 9.26. The minimum atomic E-state index is -1.05. The van der Waals surface area contributed by atoms with Gasteiger partial charge in [0.05, 0.1) is 0 Å². The van der Waals surface area contributed by atoms with Crippen molar-refractivity contribution in [2.24, 2.45) is 0 Å². The van der Waals surface area contributed by atoms with Crippen molar-refractivity contribution in [3.8, 4) is 0 Å². The van der Waals surface area contributed by atoms with Gasteiger partial charge in [0.25, 0.3) is 0 Å². The molecule has 7 heteroatoms. The van der Waals surface area contributed by atoms with E-state index in [0.29, 0.717) is 31.1 Å². The van der Waals surface area contributed by atoms with Crippen molar-refractivity contribution < 1.29 is 18.3 Å². The number of carbonyl (C=O) groups excluding carboxylic acids is 1. The van der Waals surface area contributed by atoms with Crippen LogP contribution in [0.1, 0.15) is 18.4 Å². The molecule has 1 saturated heterocycles. The molecular weight excluding hydrogens is 361 g/mol. The van der Waals surface area contributed by atoms with Crippen LogP contribution in [0.2, 0.25) is 0 Å². The van der Waals surface area contributed by atoms with Gasteiger partial charge in [0.2, 0.25) is 11.8 Å². The Hall–Kier alpha value is -2.77. The largest absolute Gasteiger partial charge is 0.438 e. The zero-order valence-electron chi connectivity index (χ0n) is 15.6. The van der Waals surface area contributed by atoms with Gasteiger partial charge in [0, 0.05) is 32.2 Å². The topological polar surface area (TPSA) is 67.6 Å². The predicted molar refractivity (Wildman–Crippen MR) is 104 cm³/mol. The molecule has 0 saturated carbocycles. The number of aromatic nitrogens is 1. The Bertz CT molecular complexity index is 924. The molecule has 28 heavy (non-hydrogen) atoms. The second-order valence-corrected chi connectivity index (χ2v) is 7.01. The quantitative estimate of drug-likeness (QED) is 0.705. The Labute approximate surface area is 162 Å². The Kier molecular flexibility index (Phi) is 5.36. The fourth-order valence-corrected chi connectivity index (χ4v) is 3.41. The zero-order chi connectivity index (χ0) is 19.5. The van der Waals surface area contributed by atoms with E-state index < -0.39 is 12.3 Å². The van der Waals surface area contributed by atoms with E-state index in [1.807, 2.05) is 53.4 Å². The summed E-state index contributed by atoms with van der Waals surface area (Å²) in [6.45, 7) is 3.09. The van der Waals surface area contributed by atoms with Crippen LogP contribution in [0.3, 0.4) is 0 Å². The average Bonchev–Trinajstić information content (AvgIpc) is 3.23. The number of oxazole rings is 1. The van der Waals surface area contributed by atoms with Gasteiger partial charge in [-0.2, -0.15) is 0 Å². The summed E-state index contributed by atoms with van der Waals surface area (Å²) >= 11 is 0. The smallest absolute Gasteiger partial charge is 0.221 e. The Balaban J connectivity index is 1.30. The molecule has 0 spiro atoms. The highest BCUT2D eigenvalue weighted by Gasteiger charge is 2.33. The summed E-state index contributed by atoms with van der Waals surface area (Å²) in [4.78, 5) is 17.5. The van der Waals surface area contributed by atoms with Gasteiger partial charge in [-0.25, -0.2) is 9.37 Å². The Morgan fingerprint density at radius 1 is 1.25 bits per heavy atom. The Morgan fingerprint density at radius 3 is 2.79 bits per heavy atom. The van der Waals surface area contributed by atoms with Gasteiger partial charge in [-0.05, 0) is 29.8 Å². The summed E-state index contributed by atoms with van der Waals surface area (Å²) < 4.78 is 25.8. The van der Waals surface area contributed by atoms with Crippen LogP contribution in [0.15, 0.2) is 52.9 Å². The molecule has 4 rings (SSSR count). The van der Waals surface area contributed by atoms with E-state index in [2.05, 4.69) is 10.3 Å². The van der Waals surface area contributed by atoms with Gasteiger partial charge in [0.15, 0.2) is 5.58 Å². The summed E-state index contributed by atoms with van der Waals surface area (Å²) in [6.07, 6.45) is -1.56. The van der Waals surface area contributed by atoms with Crippen LogP contribution >= 0.6 is 0 Å². The monoisotopic (exact) mass is 383 g/mol. The minimum absolute atomic E-state index is 0.105. The molecule has 1 amide bonds. The number of carbonyl (C=O) groups is 1. The van der Waals surface area contributed by atoms with E-state index in [1.54, 1.807) is 0 Å². The lowest BCUT2D eigenvalue weighted by molar-refractivity contribution is -0.114. The second-order valence-electron chi connectivity index (χ2n) is 7.01. The lowest BCUT2D eigenvalue weighted by Crippen LogP contribution is -2.24. The maximum Gasteiger partial charge on any atom is 0.221 e. The lowest BCUT2D eigenvalue weighted by atomic mass is 10.2. The van der Waals surface area contributed by atoms with Gasteiger partial charge in [-0.3, -0.25) is 9.69 Å². The third-order valence-electron chi connectivity index (χ3n) is 4.71. The van der Waals surface area contributed by atoms with Gasteiger partial charge >= 0.3 is 0 Å². The van der Waals surface area contributed by atoms with Crippen LogP contribution < -0.4 is 5.32 Å². The highest BCUT2D eigenvalue weighted by Crippen LogP contribution is 2.22. The number of likely N-dealkylation sites (tertiary alicyclic amines) is 1. The number of fused-ring (bicyclic) bond motifs is 1. The highest BCUT2D eigenvalue weighted by molar-refractivity contribution is 5.88. The van der Waals surface area contributed by atoms with Crippen molar-refractivity contribution >= 4 is 22.7 Å². The SMILES string of the molecule is CC(=O)Nc1ccc(CN2C[C@@H](F)[C@@H](OCc3nc4ccccc4o3)C2)cc1. The third-order valence-corrected chi connectivity index (χ3v) is 4.71. The number of benzene rings is 2. The normalized spacial score (nSPS) is 19.9. The van der Waals surface area contributed by atoms with E-state index in [-0.39, 0.29) is 12.5 Å². The van der Waals surface area contributed by atoms with E-state index in [0.717, 1.165) is 16.8 Å². The van der Waals surface area contributed by atoms with Crippen molar-refractivity contribution in [3.05, 3.63) is 60.0 Å². The standard InChI is InChI=1S/C21H22FN3O3/c1-14(26)23-16-8-6-15(7-9-16)10-25-11-17(22)20(12-25)27-13-21-24-18-4-2-3-5-19(18)28-21/h2-9,17,20H,10-13H2,1H3,(H,23,26)/t17-,20+/m1/s1. The van der Waals surface area contributed by atoms with E-state index in [9.17, 15) is 9.18 Å². The molecule has 0 aliphatic carbocycles. The zero-order valence-corrected chi connectivity index (χ0v) is 15.6. The van der Waals surface area contributed by atoms with Crippen LogP contribution in [0.5, 0.6) is 0 Å². The second kappa shape index (κ2) is 8.08. The number of anilines is 1. The van der Waals surface area contributed by atoms with Gasteiger partial charge in [-0.15, -0.1) is 0 Å². The maximum atomic E-state index is 14.4. The first-order valence-corrected chi connectivity index (χ1v) is 9.26. The molecule has 6 nitrogen and oxygen atoms in total. The number of amides is 1. The van der Waals surface area contributed by atoms with Crippen LogP contribution in [0.4, 0.5) is 10.1 Å². The maximum absolute atomic E-state index is 14.4. The van der Waals surface area contributed by atoms with Crippen molar-refractivity contribution in [1.29, 1.82) is 0 Å². The molecule has 146 valence electrons. The summed E-state index contributed by atoms with van der Waals surface area (Å²) in [6, 6.07) is 15.1. The van der Waals surface area contributed by atoms with E-state index >= 15 is 0 Å². The molecule has 1 aliphatic heterocycles. The van der Waals surface area contributed by atoms with Crippen molar-refractivity contribution in [1.82, 2.24) is 9.88 Å².